The molecule has 0 saturated heterocycles. The number of allylic oxidation sites excluding steroid dienone is 1. The largest absolute Gasteiger partial charge is 0.872 e. The van der Waals surface area contributed by atoms with Crippen LogP contribution < -0.4 is 16.2 Å². The summed E-state index contributed by atoms with van der Waals surface area (Å²) in [5, 5.41) is 31.5. The Balaban J connectivity index is 0.000000185. The summed E-state index contributed by atoms with van der Waals surface area (Å²) in [5.41, 5.74) is 8.06. The third kappa shape index (κ3) is 5.66. The van der Waals surface area contributed by atoms with E-state index in [9.17, 15) is 15.0 Å². The molecule has 0 aliphatic heterocycles. The highest BCUT2D eigenvalue weighted by Gasteiger charge is 2.26. The van der Waals surface area contributed by atoms with Crippen LogP contribution in [-0.2, 0) is 4.79 Å². The molecule has 0 amide bonds. The van der Waals surface area contributed by atoms with Crippen molar-refractivity contribution >= 4 is 35.0 Å². The minimum Gasteiger partial charge on any atom is -0.872 e. The molecule has 2 aliphatic rings. The van der Waals surface area contributed by atoms with Crippen LogP contribution in [0.3, 0.4) is 0 Å². The molecule has 0 bridgehead atoms. The molecule has 2 aromatic heterocycles. The lowest BCUT2D eigenvalue weighted by atomic mass is 10.1. The van der Waals surface area contributed by atoms with Crippen LogP contribution in [0.4, 0.5) is 11.8 Å². The van der Waals surface area contributed by atoms with Crippen molar-refractivity contribution in [2.24, 2.45) is 5.92 Å². The van der Waals surface area contributed by atoms with E-state index in [0.29, 0.717) is 11.6 Å². The average molecular weight is 449 g/mol. The lowest BCUT2D eigenvalue weighted by molar-refractivity contribution is -0.268. The maximum Gasteiger partial charge on any atom is 0.328 e. The monoisotopic (exact) mass is 449 g/mol. The summed E-state index contributed by atoms with van der Waals surface area (Å²) in [6.07, 6.45) is 11.6. The second-order valence-electron chi connectivity index (χ2n) is 8.04. The lowest BCUT2D eigenvalue weighted by Gasteiger charge is -2.13. The molecule has 5 rings (SSSR count). The Bertz CT molecular complexity index is 1180. The Morgan fingerprint density at radius 3 is 2.64 bits per heavy atom. The summed E-state index contributed by atoms with van der Waals surface area (Å²) < 4.78 is 2.01. The Morgan fingerprint density at radius 1 is 1.24 bits per heavy atom. The van der Waals surface area contributed by atoms with Gasteiger partial charge in [0.2, 0.25) is 5.95 Å². The van der Waals surface area contributed by atoms with E-state index in [-0.39, 0.29) is 30.3 Å². The SMILES string of the molecule is Nc1nc(NC2CC2)c2ncn([C@H]3C=C[C@@H](CO)C3)c2n1.O=C(O)/C=C/c1ccc([O-])cc1. The summed E-state index contributed by atoms with van der Waals surface area (Å²) in [5.74, 6) is 0.104. The smallest absolute Gasteiger partial charge is 0.328 e. The minimum absolute atomic E-state index is 0.0810. The van der Waals surface area contributed by atoms with Gasteiger partial charge in [0.15, 0.2) is 17.0 Å². The van der Waals surface area contributed by atoms with E-state index in [4.69, 9.17) is 10.8 Å². The molecular formula is C23H25N6O4-. The van der Waals surface area contributed by atoms with E-state index < -0.39 is 5.97 Å². The number of rotatable bonds is 6. The van der Waals surface area contributed by atoms with Crippen molar-refractivity contribution in [3.63, 3.8) is 0 Å². The zero-order chi connectivity index (χ0) is 23.4. The Morgan fingerprint density at radius 2 is 2.00 bits per heavy atom. The quantitative estimate of drug-likeness (QED) is 0.325. The molecule has 172 valence electrons. The van der Waals surface area contributed by atoms with Gasteiger partial charge in [-0.15, -0.1) is 5.75 Å². The van der Waals surface area contributed by atoms with Gasteiger partial charge < -0.3 is 30.9 Å². The molecule has 0 spiro atoms. The van der Waals surface area contributed by atoms with Gasteiger partial charge in [0.1, 0.15) is 0 Å². The van der Waals surface area contributed by atoms with Crippen molar-refractivity contribution in [3.05, 3.63) is 54.4 Å². The highest BCUT2D eigenvalue weighted by Crippen LogP contribution is 2.32. The minimum atomic E-state index is -0.999. The second kappa shape index (κ2) is 9.70. The zero-order valence-corrected chi connectivity index (χ0v) is 17.8. The Labute approximate surface area is 190 Å². The predicted molar refractivity (Wildman–Crippen MR) is 122 cm³/mol. The number of carboxylic acids is 1. The summed E-state index contributed by atoms with van der Waals surface area (Å²) in [6.45, 7) is 0.172. The summed E-state index contributed by atoms with van der Waals surface area (Å²) in [6, 6.07) is 6.57. The number of nitrogens with one attached hydrogen (secondary N) is 1. The molecule has 10 heteroatoms. The number of hydrogen-bond donors (Lipinski definition) is 4. The Kier molecular flexibility index (Phi) is 6.55. The molecule has 3 aromatic rings. The van der Waals surface area contributed by atoms with Gasteiger partial charge in [-0.3, -0.25) is 0 Å². The number of benzene rings is 1. The fourth-order valence-corrected chi connectivity index (χ4v) is 3.54. The number of imidazole rings is 1. The highest BCUT2D eigenvalue weighted by atomic mass is 16.4. The highest BCUT2D eigenvalue weighted by molar-refractivity contribution is 5.85. The third-order valence-electron chi connectivity index (χ3n) is 5.40. The van der Waals surface area contributed by atoms with Crippen LogP contribution in [0.2, 0.25) is 0 Å². The van der Waals surface area contributed by atoms with Gasteiger partial charge >= 0.3 is 5.97 Å². The van der Waals surface area contributed by atoms with Gasteiger partial charge in [-0.2, -0.15) is 9.97 Å². The maximum absolute atomic E-state index is 10.6. The van der Waals surface area contributed by atoms with E-state index in [1.54, 1.807) is 18.5 Å². The van der Waals surface area contributed by atoms with Crippen LogP contribution in [0, 0.1) is 5.92 Å². The molecule has 33 heavy (non-hydrogen) atoms. The van der Waals surface area contributed by atoms with Gasteiger partial charge in [0.05, 0.1) is 12.4 Å². The molecule has 1 fully saturated rings. The van der Waals surface area contributed by atoms with E-state index >= 15 is 0 Å². The molecule has 2 aliphatic carbocycles. The summed E-state index contributed by atoms with van der Waals surface area (Å²) in [4.78, 5) is 23.2. The molecule has 10 nitrogen and oxygen atoms in total. The van der Waals surface area contributed by atoms with Crippen molar-refractivity contribution in [2.75, 3.05) is 17.7 Å². The number of nitrogens with two attached hydrogens (primary N) is 1. The third-order valence-corrected chi connectivity index (χ3v) is 5.40. The average Bonchev–Trinajstić information content (AvgIpc) is 3.31. The molecule has 1 aromatic carbocycles. The zero-order valence-electron chi connectivity index (χ0n) is 17.8. The van der Waals surface area contributed by atoms with Crippen molar-refractivity contribution in [1.82, 2.24) is 19.5 Å². The fraction of sp³-hybridized carbons (Fsp3) is 0.304. The lowest BCUT2D eigenvalue weighted by Crippen LogP contribution is -2.10. The number of aliphatic carboxylic acids is 1. The van der Waals surface area contributed by atoms with Crippen LogP contribution in [-0.4, -0.2) is 48.4 Å². The van der Waals surface area contributed by atoms with E-state index in [2.05, 4.69) is 26.3 Å². The standard InChI is InChI=1S/C14H18N6O.C9H8O3/c15-14-18-12(17-9-2-3-9)11-13(19-14)20(7-16-11)10-4-1-8(5-10)6-21;10-8-4-1-7(2-5-8)3-6-9(11)12/h1,4,7-10,21H,2-3,5-6H2,(H3,15,17,18,19);1-6,10H,(H,11,12)/p-1/b;6-3+/t8-,10+;/m1./s1. The van der Waals surface area contributed by atoms with Crippen molar-refractivity contribution in [1.29, 1.82) is 0 Å². The Hall–Kier alpha value is -3.92. The van der Waals surface area contributed by atoms with Gasteiger partial charge in [0.25, 0.3) is 0 Å². The van der Waals surface area contributed by atoms with Crippen molar-refractivity contribution < 1.29 is 20.1 Å². The van der Waals surface area contributed by atoms with Crippen LogP contribution in [0.15, 0.2) is 48.8 Å². The molecule has 0 unspecified atom stereocenters. The van der Waals surface area contributed by atoms with Gasteiger partial charge in [0, 0.05) is 24.6 Å². The first-order chi connectivity index (χ1) is 15.9. The summed E-state index contributed by atoms with van der Waals surface area (Å²) in [7, 11) is 0. The second-order valence-corrected chi connectivity index (χ2v) is 8.04. The number of nitrogen functional groups attached to an aromatic ring is 1. The van der Waals surface area contributed by atoms with Gasteiger partial charge in [-0.25, -0.2) is 9.78 Å². The normalized spacial score (nSPS) is 19.5. The number of carbonyl (C=O) groups is 1. The van der Waals surface area contributed by atoms with Crippen LogP contribution in [0.25, 0.3) is 17.2 Å². The van der Waals surface area contributed by atoms with E-state index in [0.717, 1.165) is 42.3 Å². The topological polar surface area (TPSA) is 162 Å². The van der Waals surface area contributed by atoms with Crippen LogP contribution in [0.1, 0.15) is 30.9 Å². The van der Waals surface area contributed by atoms with E-state index in [1.807, 2.05) is 10.6 Å². The van der Waals surface area contributed by atoms with Crippen LogP contribution in [0.5, 0.6) is 5.75 Å². The summed E-state index contributed by atoms with van der Waals surface area (Å²) >= 11 is 0. The molecular weight excluding hydrogens is 424 g/mol. The number of hydrogen-bond acceptors (Lipinski definition) is 8. The number of anilines is 2. The number of aliphatic hydroxyl groups excluding tert-OH is 1. The maximum atomic E-state index is 10.6. The molecule has 2 atom stereocenters. The van der Waals surface area contributed by atoms with Gasteiger partial charge in [-0.05, 0) is 30.9 Å². The number of aliphatic hydroxyl groups is 1. The first-order valence-corrected chi connectivity index (χ1v) is 10.7. The first kappa shape index (κ1) is 22.3. The van der Waals surface area contributed by atoms with Crippen molar-refractivity contribution in [3.8, 4) is 5.75 Å². The number of fused-ring (bicyclic) bond motifs is 1. The number of nitrogens with zero attached hydrogens (tertiary/aromatic N) is 4. The molecule has 5 N–H and O–H groups in total. The van der Waals surface area contributed by atoms with Crippen molar-refractivity contribution in [2.45, 2.75) is 31.3 Å². The number of aromatic nitrogens is 4. The predicted octanol–water partition coefficient (Wildman–Crippen LogP) is 1.95. The molecule has 2 heterocycles. The fourth-order valence-electron chi connectivity index (χ4n) is 3.54. The van der Waals surface area contributed by atoms with Crippen LogP contribution >= 0.6 is 0 Å². The first-order valence-electron chi connectivity index (χ1n) is 10.7. The molecule has 0 radical (unpaired) electrons. The molecule has 1 saturated carbocycles. The number of carboxylic acid groups (broad SMARTS) is 1. The van der Waals surface area contributed by atoms with E-state index in [1.165, 1.54) is 18.2 Å². The van der Waals surface area contributed by atoms with Gasteiger partial charge in [-0.1, -0.05) is 36.4 Å².